The van der Waals surface area contributed by atoms with Gasteiger partial charge in [-0.05, 0) is 45.0 Å². The lowest BCUT2D eigenvalue weighted by Gasteiger charge is -2.20. The third-order valence-electron chi connectivity index (χ3n) is 2.65. The van der Waals surface area contributed by atoms with Crippen molar-refractivity contribution >= 4 is 29.0 Å². The van der Waals surface area contributed by atoms with Gasteiger partial charge in [0.2, 0.25) is 5.01 Å². The molecule has 3 N–H and O–H groups in total. The van der Waals surface area contributed by atoms with Crippen molar-refractivity contribution in [1.29, 1.82) is 0 Å². The summed E-state index contributed by atoms with van der Waals surface area (Å²) in [5.74, 6) is -0.824. The number of amides is 3. The molecule has 9 heteroatoms. The highest BCUT2D eigenvalue weighted by Gasteiger charge is 2.16. The van der Waals surface area contributed by atoms with E-state index in [1.807, 2.05) is 20.8 Å². The molecule has 2 aromatic rings. The summed E-state index contributed by atoms with van der Waals surface area (Å²) in [6.45, 7) is 5.78. The fourth-order valence-electron chi connectivity index (χ4n) is 1.68. The van der Waals surface area contributed by atoms with Gasteiger partial charge in [-0.15, -0.1) is 10.2 Å². The highest BCUT2D eigenvalue weighted by Crippen LogP contribution is 2.14. The van der Waals surface area contributed by atoms with Gasteiger partial charge in [-0.25, -0.2) is 9.18 Å². The summed E-state index contributed by atoms with van der Waals surface area (Å²) in [6, 6.07) is 5.08. The molecule has 0 aliphatic carbocycles. The van der Waals surface area contributed by atoms with Crippen LogP contribution in [0.4, 0.5) is 14.9 Å². The molecule has 0 aliphatic heterocycles. The Hall–Kier alpha value is -2.55. The first-order valence-electron chi connectivity index (χ1n) is 7.18. The average molecular weight is 351 g/mol. The van der Waals surface area contributed by atoms with Crippen molar-refractivity contribution in [2.45, 2.75) is 32.9 Å². The Morgan fingerprint density at radius 3 is 2.46 bits per heavy atom. The first kappa shape index (κ1) is 17.8. The zero-order valence-electron chi connectivity index (χ0n) is 13.5. The van der Waals surface area contributed by atoms with E-state index in [0.717, 1.165) is 11.3 Å². The maximum atomic E-state index is 12.8. The molecule has 1 aromatic carbocycles. The largest absolute Gasteiger partial charge is 0.334 e. The van der Waals surface area contributed by atoms with E-state index < -0.39 is 5.91 Å². The molecule has 0 bridgehead atoms. The quantitative estimate of drug-likeness (QED) is 0.789. The van der Waals surface area contributed by atoms with Gasteiger partial charge in [0.15, 0.2) is 0 Å². The average Bonchev–Trinajstić information content (AvgIpc) is 2.95. The second kappa shape index (κ2) is 7.35. The number of hydrogen-bond acceptors (Lipinski definition) is 5. The summed E-state index contributed by atoms with van der Waals surface area (Å²) in [4.78, 5) is 23.7. The van der Waals surface area contributed by atoms with Crippen molar-refractivity contribution in [2.24, 2.45) is 0 Å². The molecule has 128 valence electrons. The summed E-state index contributed by atoms with van der Waals surface area (Å²) in [7, 11) is 0. The van der Waals surface area contributed by atoms with E-state index in [4.69, 9.17) is 0 Å². The summed E-state index contributed by atoms with van der Waals surface area (Å²) < 4.78 is 12.8. The molecule has 0 aliphatic rings. The third kappa shape index (κ3) is 5.58. The number of nitrogens with one attached hydrogen (secondary N) is 3. The van der Waals surface area contributed by atoms with Gasteiger partial charge in [-0.3, -0.25) is 4.79 Å². The Balaban J connectivity index is 1.89. The highest BCUT2D eigenvalue weighted by atomic mass is 32.1. The number of anilines is 1. The molecule has 0 saturated carbocycles. The number of urea groups is 1. The van der Waals surface area contributed by atoms with Gasteiger partial charge in [-0.1, -0.05) is 11.3 Å². The number of rotatable bonds is 4. The number of halogens is 1. The monoisotopic (exact) mass is 351 g/mol. The molecule has 7 nitrogen and oxygen atoms in total. The second-order valence-corrected chi connectivity index (χ2v) is 7.08. The van der Waals surface area contributed by atoms with E-state index in [1.165, 1.54) is 24.3 Å². The number of benzene rings is 1. The molecule has 0 saturated heterocycles. The van der Waals surface area contributed by atoms with Gasteiger partial charge in [0.25, 0.3) is 5.91 Å². The van der Waals surface area contributed by atoms with Crippen LogP contribution in [0.5, 0.6) is 0 Å². The molecule has 0 radical (unpaired) electrons. The Bertz CT molecular complexity index is 724. The lowest BCUT2D eigenvalue weighted by molar-refractivity contribution is 0.102. The summed E-state index contributed by atoms with van der Waals surface area (Å²) in [5, 5.41) is 16.3. The summed E-state index contributed by atoms with van der Waals surface area (Å²) >= 11 is 1.07. The van der Waals surface area contributed by atoms with Crippen molar-refractivity contribution in [3.63, 3.8) is 0 Å². The number of aromatic nitrogens is 2. The van der Waals surface area contributed by atoms with Crippen LogP contribution in [0.15, 0.2) is 24.3 Å². The minimum Gasteiger partial charge on any atom is -0.334 e. The topological polar surface area (TPSA) is 96.0 Å². The van der Waals surface area contributed by atoms with Gasteiger partial charge < -0.3 is 16.0 Å². The minimum absolute atomic E-state index is 0.160. The van der Waals surface area contributed by atoms with E-state index in [-0.39, 0.29) is 28.9 Å². The Labute approximate surface area is 142 Å². The maximum Gasteiger partial charge on any atom is 0.315 e. The van der Waals surface area contributed by atoms with Gasteiger partial charge >= 0.3 is 6.03 Å². The molecule has 1 aromatic heterocycles. The lowest BCUT2D eigenvalue weighted by atomic mass is 10.1. The van der Waals surface area contributed by atoms with Crippen LogP contribution < -0.4 is 16.0 Å². The SMILES string of the molecule is CC(C)(C)NC(=O)NCc1nnc(C(=O)Nc2ccc(F)cc2)s1. The van der Waals surface area contributed by atoms with Gasteiger partial charge in [0.05, 0.1) is 6.54 Å². The Morgan fingerprint density at radius 1 is 1.17 bits per heavy atom. The smallest absolute Gasteiger partial charge is 0.315 e. The zero-order chi connectivity index (χ0) is 17.7. The molecule has 0 atom stereocenters. The van der Waals surface area contributed by atoms with Crippen molar-refractivity contribution in [3.05, 3.63) is 40.1 Å². The summed E-state index contributed by atoms with van der Waals surface area (Å²) in [5.41, 5.74) is 0.117. The van der Waals surface area contributed by atoms with E-state index in [2.05, 4.69) is 26.1 Å². The predicted octanol–water partition coefficient (Wildman–Crippen LogP) is 2.53. The van der Waals surface area contributed by atoms with Crippen molar-refractivity contribution in [2.75, 3.05) is 5.32 Å². The van der Waals surface area contributed by atoms with Gasteiger partial charge in [-0.2, -0.15) is 0 Å². The lowest BCUT2D eigenvalue weighted by Crippen LogP contribution is -2.46. The standard InChI is InChI=1S/C15H18FN5O2S/c1-15(2,3)19-14(23)17-8-11-20-21-13(24-11)12(22)18-10-6-4-9(16)5-7-10/h4-7H,8H2,1-3H3,(H,18,22)(H2,17,19,23). The zero-order valence-corrected chi connectivity index (χ0v) is 14.3. The van der Waals surface area contributed by atoms with Crippen LogP contribution in [0.2, 0.25) is 0 Å². The Kier molecular flexibility index (Phi) is 5.45. The van der Waals surface area contributed by atoms with E-state index in [1.54, 1.807) is 0 Å². The maximum absolute atomic E-state index is 12.8. The molecule has 3 amide bonds. The number of nitrogens with zero attached hydrogens (tertiary/aromatic N) is 2. The Morgan fingerprint density at radius 2 is 1.83 bits per heavy atom. The molecule has 0 fully saturated rings. The van der Waals surface area contributed by atoms with Crippen LogP contribution >= 0.6 is 11.3 Å². The van der Waals surface area contributed by atoms with E-state index in [9.17, 15) is 14.0 Å². The van der Waals surface area contributed by atoms with Gasteiger partial charge in [0.1, 0.15) is 10.8 Å². The fraction of sp³-hybridized carbons (Fsp3) is 0.333. The molecular weight excluding hydrogens is 333 g/mol. The first-order chi connectivity index (χ1) is 11.2. The van der Waals surface area contributed by atoms with E-state index >= 15 is 0 Å². The number of hydrogen-bond donors (Lipinski definition) is 3. The molecule has 0 spiro atoms. The number of carbonyl (C=O) groups excluding carboxylic acids is 2. The molecule has 24 heavy (non-hydrogen) atoms. The third-order valence-corrected chi connectivity index (χ3v) is 3.57. The van der Waals surface area contributed by atoms with Gasteiger partial charge in [0, 0.05) is 11.2 Å². The second-order valence-electron chi connectivity index (χ2n) is 6.02. The first-order valence-corrected chi connectivity index (χ1v) is 8.00. The van der Waals surface area contributed by atoms with Crippen LogP contribution in [0.25, 0.3) is 0 Å². The van der Waals surface area contributed by atoms with Crippen LogP contribution in [0, 0.1) is 5.82 Å². The molecule has 2 rings (SSSR count). The number of carbonyl (C=O) groups is 2. The van der Waals surface area contributed by atoms with Crippen molar-refractivity contribution < 1.29 is 14.0 Å². The van der Waals surface area contributed by atoms with Crippen LogP contribution in [0.3, 0.4) is 0 Å². The molecular formula is C15H18FN5O2S. The van der Waals surface area contributed by atoms with Crippen molar-refractivity contribution in [1.82, 2.24) is 20.8 Å². The normalized spacial score (nSPS) is 11.0. The van der Waals surface area contributed by atoms with E-state index in [0.29, 0.717) is 10.7 Å². The molecule has 0 unspecified atom stereocenters. The van der Waals surface area contributed by atoms with Crippen LogP contribution in [0.1, 0.15) is 35.6 Å². The van der Waals surface area contributed by atoms with Crippen molar-refractivity contribution in [3.8, 4) is 0 Å². The highest BCUT2D eigenvalue weighted by molar-refractivity contribution is 7.13. The fourth-order valence-corrected chi connectivity index (χ4v) is 2.35. The van der Waals surface area contributed by atoms with Crippen LogP contribution in [-0.2, 0) is 6.54 Å². The minimum atomic E-state index is -0.440. The molecule has 1 heterocycles. The predicted molar refractivity (Wildman–Crippen MR) is 89.4 cm³/mol. The van der Waals surface area contributed by atoms with Crippen LogP contribution in [-0.4, -0.2) is 27.7 Å². The summed E-state index contributed by atoms with van der Waals surface area (Å²) in [6.07, 6.45) is 0.